The summed E-state index contributed by atoms with van der Waals surface area (Å²) in [6.07, 6.45) is 5.52. The summed E-state index contributed by atoms with van der Waals surface area (Å²) >= 11 is 0. The van der Waals surface area contributed by atoms with E-state index in [2.05, 4.69) is 41.4 Å². The van der Waals surface area contributed by atoms with Crippen LogP contribution in [0.1, 0.15) is 55.7 Å². The fourth-order valence-corrected chi connectivity index (χ4v) is 3.84. The highest BCUT2D eigenvalue weighted by Crippen LogP contribution is 2.30. The Bertz CT molecular complexity index is 529. The number of nitrogens with zero attached hydrogens (tertiary/aromatic N) is 1. The van der Waals surface area contributed by atoms with Gasteiger partial charge in [-0.1, -0.05) is 29.8 Å². The van der Waals surface area contributed by atoms with Gasteiger partial charge < -0.3 is 10.4 Å². The van der Waals surface area contributed by atoms with Crippen LogP contribution in [0, 0.1) is 6.92 Å². The standard InChI is InChI=1S/C19H28N2O2/c1-15-6-8-16(9-7-15)17(21-12-4-5-13-21)14-20-18(22)19(23)10-2-3-11-19/h6-9,17,23H,2-5,10-14H2,1H3,(H,20,22). The molecule has 2 fully saturated rings. The number of benzene rings is 1. The van der Waals surface area contributed by atoms with Crippen LogP contribution in [0.2, 0.25) is 0 Å². The number of hydrogen-bond donors (Lipinski definition) is 2. The van der Waals surface area contributed by atoms with Crippen LogP contribution in [-0.2, 0) is 4.79 Å². The maximum atomic E-state index is 12.4. The molecule has 1 aliphatic carbocycles. The zero-order valence-corrected chi connectivity index (χ0v) is 14.1. The highest BCUT2D eigenvalue weighted by atomic mass is 16.3. The first-order valence-electron chi connectivity index (χ1n) is 8.90. The average Bonchev–Trinajstić information content (AvgIpc) is 3.21. The van der Waals surface area contributed by atoms with Gasteiger partial charge in [-0.3, -0.25) is 9.69 Å². The Morgan fingerprint density at radius 2 is 1.78 bits per heavy atom. The summed E-state index contributed by atoms with van der Waals surface area (Å²) in [4.78, 5) is 14.8. The van der Waals surface area contributed by atoms with Crippen LogP contribution >= 0.6 is 0 Å². The number of carbonyl (C=O) groups excluding carboxylic acids is 1. The summed E-state index contributed by atoms with van der Waals surface area (Å²) in [5.41, 5.74) is 1.36. The molecule has 0 spiro atoms. The van der Waals surface area contributed by atoms with Gasteiger partial charge in [0.15, 0.2) is 0 Å². The van der Waals surface area contributed by atoms with Crippen LogP contribution in [0.3, 0.4) is 0 Å². The second-order valence-corrected chi connectivity index (χ2v) is 7.12. The third-order valence-electron chi connectivity index (χ3n) is 5.35. The lowest BCUT2D eigenvalue weighted by molar-refractivity contribution is -0.139. The fourth-order valence-electron chi connectivity index (χ4n) is 3.84. The van der Waals surface area contributed by atoms with Crippen molar-refractivity contribution in [3.63, 3.8) is 0 Å². The molecule has 1 heterocycles. The second-order valence-electron chi connectivity index (χ2n) is 7.12. The van der Waals surface area contributed by atoms with E-state index in [0.717, 1.165) is 25.9 Å². The van der Waals surface area contributed by atoms with E-state index in [1.165, 1.54) is 24.0 Å². The van der Waals surface area contributed by atoms with Crippen molar-refractivity contribution in [2.45, 2.75) is 57.1 Å². The summed E-state index contributed by atoms with van der Waals surface area (Å²) < 4.78 is 0. The quantitative estimate of drug-likeness (QED) is 0.878. The van der Waals surface area contributed by atoms with Gasteiger partial charge >= 0.3 is 0 Å². The van der Waals surface area contributed by atoms with Crippen LogP contribution in [-0.4, -0.2) is 41.1 Å². The van der Waals surface area contributed by atoms with Crippen molar-refractivity contribution in [3.8, 4) is 0 Å². The average molecular weight is 316 g/mol. The molecule has 1 amide bonds. The minimum Gasteiger partial charge on any atom is -0.380 e. The minimum atomic E-state index is -1.14. The van der Waals surface area contributed by atoms with Gasteiger partial charge in [-0.05, 0) is 64.1 Å². The molecule has 1 aromatic carbocycles. The Hall–Kier alpha value is -1.39. The number of rotatable bonds is 5. The van der Waals surface area contributed by atoms with Crippen molar-refractivity contribution in [3.05, 3.63) is 35.4 Å². The number of hydrogen-bond acceptors (Lipinski definition) is 3. The predicted octanol–water partition coefficient (Wildman–Crippen LogP) is 2.55. The minimum absolute atomic E-state index is 0.189. The second kappa shape index (κ2) is 7.02. The SMILES string of the molecule is Cc1ccc(C(CNC(=O)C2(O)CCCC2)N2CCCC2)cc1. The zero-order valence-electron chi connectivity index (χ0n) is 14.1. The predicted molar refractivity (Wildman–Crippen MR) is 91.2 cm³/mol. The summed E-state index contributed by atoms with van der Waals surface area (Å²) in [6.45, 7) is 4.83. The molecule has 1 atom stereocenters. The van der Waals surface area contributed by atoms with Crippen LogP contribution in [0.4, 0.5) is 0 Å². The first-order chi connectivity index (χ1) is 11.1. The number of aliphatic hydroxyl groups is 1. The van der Waals surface area contributed by atoms with Crippen LogP contribution in [0.25, 0.3) is 0 Å². The lowest BCUT2D eigenvalue weighted by Gasteiger charge is -2.30. The normalized spacial score (nSPS) is 22.2. The number of amides is 1. The first kappa shape index (κ1) is 16.5. The van der Waals surface area contributed by atoms with Crippen LogP contribution < -0.4 is 5.32 Å². The summed E-state index contributed by atoms with van der Waals surface area (Å²) in [6, 6.07) is 8.78. The van der Waals surface area contributed by atoms with Gasteiger partial charge in [-0.15, -0.1) is 0 Å². The molecule has 3 rings (SSSR count). The topological polar surface area (TPSA) is 52.6 Å². The van der Waals surface area contributed by atoms with E-state index in [9.17, 15) is 9.90 Å². The Morgan fingerprint density at radius 3 is 2.39 bits per heavy atom. The van der Waals surface area contributed by atoms with Gasteiger partial charge in [0.1, 0.15) is 5.60 Å². The van der Waals surface area contributed by atoms with Crippen molar-refractivity contribution < 1.29 is 9.90 Å². The smallest absolute Gasteiger partial charge is 0.252 e. The first-order valence-corrected chi connectivity index (χ1v) is 8.90. The number of carbonyl (C=O) groups is 1. The highest BCUT2D eigenvalue weighted by molar-refractivity contribution is 5.85. The Kier molecular flexibility index (Phi) is 5.02. The van der Waals surface area contributed by atoms with Gasteiger partial charge in [-0.25, -0.2) is 0 Å². The van der Waals surface area contributed by atoms with Crippen molar-refractivity contribution in [2.75, 3.05) is 19.6 Å². The van der Waals surface area contributed by atoms with Crippen molar-refractivity contribution in [1.82, 2.24) is 10.2 Å². The van der Waals surface area contributed by atoms with Gasteiger partial charge in [0, 0.05) is 6.54 Å². The largest absolute Gasteiger partial charge is 0.380 e. The molecule has 1 saturated heterocycles. The summed E-state index contributed by atoms with van der Waals surface area (Å²) in [7, 11) is 0. The van der Waals surface area contributed by atoms with Gasteiger partial charge in [0.2, 0.25) is 0 Å². The number of nitrogens with one attached hydrogen (secondary N) is 1. The lowest BCUT2D eigenvalue weighted by Crippen LogP contribution is -2.47. The van der Waals surface area contributed by atoms with E-state index in [4.69, 9.17) is 0 Å². The van der Waals surface area contributed by atoms with E-state index < -0.39 is 5.60 Å². The molecule has 126 valence electrons. The molecular formula is C19H28N2O2. The summed E-state index contributed by atoms with van der Waals surface area (Å²) in [5, 5.41) is 13.4. The fraction of sp³-hybridized carbons (Fsp3) is 0.632. The molecule has 4 nitrogen and oxygen atoms in total. The van der Waals surface area contributed by atoms with E-state index in [-0.39, 0.29) is 11.9 Å². The Labute approximate surface area is 138 Å². The molecule has 0 radical (unpaired) electrons. The maximum Gasteiger partial charge on any atom is 0.252 e. The van der Waals surface area contributed by atoms with Crippen molar-refractivity contribution in [2.24, 2.45) is 0 Å². The van der Waals surface area contributed by atoms with E-state index in [1.807, 2.05) is 0 Å². The molecule has 2 N–H and O–H groups in total. The number of aryl methyl sites for hydroxylation is 1. The molecule has 1 saturated carbocycles. The van der Waals surface area contributed by atoms with Gasteiger partial charge in [0.05, 0.1) is 6.04 Å². The Balaban J connectivity index is 1.68. The molecule has 0 bridgehead atoms. The number of likely N-dealkylation sites (tertiary alicyclic amines) is 1. The zero-order chi connectivity index (χ0) is 16.3. The summed E-state index contributed by atoms with van der Waals surface area (Å²) in [5.74, 6) is -0.189. The lowest BCUT2D eigenvalue weighted by atomic mass is 10.00. The molecule has 0 aromatic heterocycles. The van der Waals surface area contributed by atoms with E-state index in [1.54, 1.807) is 0 Å². The molecule has 1 unspecified atom stereocenters. The Morgan fingerprint density at radius 1 is 1.17 bits per heavy atom. The molecular weight excluding hydrogens is 288 g/mol. The monoisotopic (exact) mass is 316 g/mol. The molecule has 1 aromatic rings. The third kappa shape index (κ3) is 3.75. The van der Waals surface area contributed by atoms with E-state index >= 15 is 0 Å². The van der Waals surface area contributed by atoms with Gasteiger partial charge in [0.25, 0.3) is 5.91 Å². The third-order valence-corrected chi connectivity index (χ3v) is 5.35. The molecule has 23 heavy (non-hydrogen) atoms. The van der Waals surface area contributed by atoms with Crippen molar-refractivity contribution in [1.29, 1.82) is 0 Å². The molecule has 4 heteroatoms. The van der Waals surface area contributed by atoms with Crippen LogP contribution in [0.5, 0.6) is 0 Å². The van der Waals surface area contributed by atoms with Crippen LogP contribution in [0.15, 0.2) is 24.3 Å². The van der Waals surface area contributed by atoms with Gasteiger partial charge in [-0.2, -0.15) is 0 Å². The van der Waals surface area contributed by atoms with Crippen molar-refractivity contribution >= 4 is 5.91 Å². The van der Waals surface area contributed by atoms with E-state index in [0.29, 0.717) is 19.4 Å². The highest BCUT2D eigenvalue weighted by Gasteiger charge is 2.39. The molecule has 1 aliphatic heterocycles. The maximum absolute atomic E-state index is 12.4. The molecule has 2 aliphatic rings.